The van der Waals surface area contributed by atoms with Crippen LogP contribution in [0.4, 0.5) is 5.69 Å². The zero-order chi connectivity index (χ0) is 10.8. The largest absolute Gasteiger partial charge is 0.320 e. The van der Waals surface area contributed by atoms with Crippen molar-refractivity contribution in [1.82, 2.24) is 0 Å². The van der Waals surface area contributed by atoms with Crippen molar-refractivity contribution < 1.29 is 0 Å². The quantitative estimate of drug-likeness (QED) is 0.855. The van der Waals surface area contributed by atoms with Gasteiger partial charge in [-0.2, -0.15) is 0 Å². The third-order valence-corrected chi connectivity index (χ3v) is 3.98. The summed E-state index contributed by atoms with van der Waals surface area (Å²) in [5.41, 5.74) is 1.02. The lowest BCUT2D eigenvalue weighted by Crippen LogP contribution is -2.24. The molecule has 0 aliphatic carbocycles. The third kappa shape index (κ3) is 2.29. The predicted molar refractivity (Wildman–Crippen MR) is 68.2 cm³/mol. The SMILES string of the molecule is CCC1CN(c2cccc(Cl)c2)C(=N)S1. The number of hydrogen-bond donors (Lipinski definition) is 1. The minimum atomic E-state index is 0.538. The summed E-state index contributed by atoms with van der Waals surface area (Å²) in [4.78, 5) is 2.02. The van der Waals surface area contributed by atoms with Crippen molar-refractivity contribution in [1.29, 1.82) is 5.41 Å². The molecule has 15 heavy (non-hydrogen) atoms. The van der Waals surface area contributed by atoms with Gasteiger partial charge in [0.15, 0.2) is 5.17 Å². The molecule has 1 saturated heterocycles. The number of amidine groups is 1. The van der Waals surface area contributed by atoms with Crippen molar-refractivity contribution in [3.8, 4) is 0 Å². The zero-order valence-electron chi connectivity index (χ0n) is 8.53. The van der Waals surface area contributed by atoms with Gasteiger partial charge in [-0.15, -0.1) is 0 Å². The van der Waals surface area contributed by atoms with Crippen LogP contribution in [0.25, 0.3) is 0 Å². The van der Waals surface area contributed by atoms with Crippen molar-refractivity contribution in [2.24, 2.45) is 0 Å². The average Bonchev–Trinajstić information content (AvgIpc) is 2.60. The predicted octanol–water partition coefficient (Wildman–Crippen LogP) is 3.61. The van der Waals surface area contributed by atoms with Gasteiger partial charge in [-0.25, -0.2) is 0 Å². The van der Waals surface area contributed by atoms with Gasteiger partial charge >= 0.3 is 0 Å². The molecule has 1 aliphatic rings. The number of nitrogens with zero attached hydrogens (tertiary/aromatic N) is 1. The highest BCUT2D eigenvalue weighted by Gasteiger charge is 2.27. The summed E-state index contributed by atoms with van der Waals surface area (Å²) >= 11 is 7.58. The van der Waals surface area contributed by atoms with Gasteiger partial charge in [-0.05, 0) is 24.6 Å². The molecule has 0 radical (unpaired) electrons. The fourth-order valence-corrected chi connectivity index (χ4v) is 2.82. The van der Waals surface area contributed by atoms with Crippen LogP contribution in [0.15, 0.2) is 24.3 Å². The Labute approximate surface area is 99.1 Å². The Hall–Kier alpha value is -0.670. The first-order chi connectivity index (χ1) is 7.20. The first-order valence-electron chi connectivity index (χ1n) is 4.99. The minimum Gasteiger partial charge on any atom is -0.320 e. The Morgan fingerprint density at radius 2 is 2.40 bits per heavy atom. The van der Waals surface area contributed by atoms with Crippen molar-refractivity contribution >= 4 is 34.2 Å². The normalized spacial score (nSPS) is 21.1. The van der Waals surface area contributed by atoms with Crippen LogP contribution >= 0.6 is 23.4 Å². The number of thioether (sulfide) groups is 1. The van der Waals surface area contributed by atoms with Crippen LogP contribution in [0.2, 0.25) is 5.02 Å². The minimum absolute atomic E-state index is 0.538. The zero-order valence-corrected chi connectivity index (χ0v) is 10.1. The summed E-state index contributed by atoms with van der Waals surface area (Å²) in [6.45, 7) is 3.08. The topological polar surface area (TPSA) is 27.1 Å². The number of anilines is 1. The molecular formula is C11H13ClN2S. The van der Waals surface area contributed by atoms with Gasteiger partial charge in [0.2, 0.25) is 0 Å². The smallest absolute Gasteiger partial charge is 0.161 e. The summed E-state index contributed by atoms with van der Waals surface area (Å²) in [6.07, 6.45) is 1.10. The van der Waals surface area contributed by atoms with E-state index < -0.39 is 0 Å². The highest BCUT2D eigenvalue weighted by atomic mass is 35.5. The van der Waals surface area contributed by atoms with Crippen molar-refractivity contribution in [2.75, 3.05) is 11.4 Å². The van der Waals surface area contributed by atoms with E-state index in [0.29, 0.717) is 10.4 Å². The monoisotopic (exact) mass is 240 g/mol. The van der Waals surface area contributed by atoms with Gasteiger partial charge in [0.25, 0.3) is 0 Å². The van der Waals surface area contributed by atoms with Gasteiger partial charge in [0.1, 0.15) is 0 Å². The van der Waals surface area contributed by atoms with Crippen molar-refractivity contribution in [3.63, 3.8) is 0 Å². The molecular weight excluding hydrogens is 228 g/mol. The molecule has 1 fully saturated rings. The van der Waals surface area contributed by atoms with Gasteiger partial charge < -0.3 is 4.90 Å². The van der Waals surface area contributed by atoms with Gasteiger partial charge in [-0.3, -0.25) is 5.41 Å². The lowest BCUT2D eigenvalue weighted by molar-refractivity contribution is 0.835. The Bertz CT molecular complexity index is 381. The fraction of sp³-hybridized carbons (Fsp3) is 0.364. The molecule has 1 unspecified atom stereocenters. The first-order valence-corrected chi connectivity index (χ1v) is 6.24. The molecule has 0 aromatic heterocycles. The highest BCUT2D eigenvalue weighted by molar-refractivity contribution is 8.15. The number of benzene rings is 1. The Morgan fingerprint density at radius 1 is 1.60 bits per heavy atom. The maximum absolute atomic E-state index is 7.89. The van der Waals surface area contributed by atoms with Gasteiger partial charge in [0, 0.05) is 22.5 Å². The molecule has 2 rings (SSSR count). The van der Waals surface area contributed by atoms with Crippen LogP contribution in [0.1, 0.15) is 13.3 Å². The maximum atomic E-state index is 7.89. The molecule has 1 aromatic carbocycles. The Morgan fingerprint density at radius 3 is 3.00 bits per heavy atom. The highest BCUT2D eigenvalue weighted by Crippen LogP contribution is 2.32. The maximum Gasteiger partial charge on any atom is 0.161 e. The van der Waals surface area contributed by atoms with Crippen LogP contribution in [0.5, 0.6) is 0 Å². The molecule has 0 amide bonds. The first kappa shape index (κ1) is 10.8. The molecule has 0 bridgehead atoms. The van der Waals surface area contributed by atoms with Crippen molar-refractivity contribution in [3.05, 3.63) is 29.3 Å². The lowest BCUT2D eigenvalue weighted by Gasteiger charge is -2.17. The second-order valence-corrected chi connectivity index (χ2v) is 5.27. The van der Waals surface area contributed by atoms with E-state index in [-0.39, 0.29) is 0 Å². The van der Waals surface area contributed by atoms with E-state index in [0.717, 1.165) is 23.7 Å². The lowest BCUT2D eigenvalue weighted by atomic mass is 10.2. The van der Waals surface area contributed by atoms with Crippen LogP contribution < -0.4 is 4.90 Å². The molecule has 0 saturated carbocycles. The van der Waals surface area contributed by atoms with E-state index in [4.69, 9.17) is 17.0 Å². The summed E-state index contributed by atoms with van der Waals surface area (Å²) < 4.78 is 0. The molecule has 2 nitrogen and oxygen atoms in total. The summed E-state index contributed by atoms with van der Waals surface area (Å²) in [6, 6.07) is 7.69. The molecule has 80 valence electrons. The number of nitrogens with one attached hydrogen (secondary N) is 1. The molecule has 4 heteroatoms. The van der Waals surface area contributed by atoms with Crippen LogP contribution in [0, 0.1) is 5.41 Å². The van der Waals surface area contributed by atoms with Crippen molar-refractivity contribution in [2.45, 2.75) is 18.6 Å². The molecule has 1 aromatic rings. The Balaban J connectivity index is 2.21. The summed E-state index contributed by atoms with van der Waals surface area (Å²) in [7, 11) is 0. The molecule has 0 spiro atoms. The van der Waals surface area contributed by atoms with Gasteiger partial charge in [0.05, 0.1) is 0 Å². The standard InChI is InChI=1S/C11H13ClN2S/c1-2-10-7-14(11(13)15-10)9-5-3-4-8(12)6-9/h3-6,10,13H,2,7H2,1H3. The second-order valence-electron chi connectivity index (χ2n) is 3.54. The number of halogens is 1. The van der Waals surface area contributed by atoms with Gasteiger partial charge in [-0.1, -0.05) is 36.4 Å². The second kappa shape index (κ2) is 4.45. The van der Waals surface area contributed by atoms with E-state index in [1.807, 2.05) is 29.2 Å². The van der Waals surface area contributed by atoms with Crippen LogP contribution in [-0.4, -0.2) is 17.0 Å². The molecule has 1 N–H and O–H groups in total. The van der Waals surface area contributed by atoms with E-state index in [2.05, 4.69) is 6.92 Å². The van der Waals surface area contributed by atoms with Crippen LogP contribution in [0.3, 0.4) is 0 Å². The Kier molecular flexibility index (Phi) is 3.22. The average molecular weight is 241 g/mol. The fourth-order valence-electron chi connectivity index (χ4n) is 1.62. The molecule has 1 atom stereocenters. The van der Waals surface area contributed by atoms with Crippen LogP contribution in [-0.2, 0) is 0 Å². The summed E-state index contributed by atoms with van der Waals surface area (Å²) in [5, 5.41) is 9.79. The van der Waals surface area contributed by atoms with E-state index in [1.54, 1.807) is 11.8 Å². The number of hydrogen-bond acceptors (Lipinski definition) is 2. The number of rotatable bonds is 2. The summed E-state index contributed by atoms with van der Waals surface area (Å²) in [5.74, 6) is 0. The third-order valence-electron chi connectivity index (χ3n) is 2.48. The van der Waals surface area contributed by atoms with E-state index in [1.165, 1.54) is 0 Å². The molecule has 1 aliphatic heterocycles. The van der Waals surface area contributed by atoms with E-state index in [9.17, 15) is 0 Å². The molecule has 1 heterocycles. The van der Waals surface area contributed by atoms with E-state index >= 15 is 0 Å².